The van der Waals surface area contributed by atoms with E-state index in [1.807, 2.05) is 40.5 Å². The molecule has 0 bridgehead atoms. The van der Waals surface area contributed by atoms with Crippen LogP contribution in [0.4, 0.5) is 0 Å². The second-order valence-corrected chi connectivity index (χ2v) is 9.84. The van der Waals surface area contributed by atoms with E-state index in [0.717, 1.165) is 6.04 Å². The molecule has 0 saturated carbocycles. The van der Waals surface area contributed by atoms with E-state index in [1.54, 1.807) is 0 Å². The van der Waals surface area contributed by atoms with Gasteiger partial charge in [-0.1, -0.05) is 38.7 Å². The maximum Gasteiger partial charge on any atom is 0.0555 e. The van der Waals surface area contributed by atoms with Crippen molar-refractivity contribution in [3.63, 3.8) is 0 Å². The number of azide groups is 1. The maximum absolute atomic E-state index is 7.79. The molecule has 0 aliphatic heterocycles. The summed E-state index contributed by atoms with van der Waals surface area (Å²) in [6, 6.07) is 1.00. The first kappa shape index (κ1) is 43.4. The zero-order valence-corrected chi connectivity index (χ0v) is 22.7. The van der Waals surface area contributed by atoms with Gasteiger partial charge in [0.2, 0.25) is 0 Å². The van der Waals surface area contributed by atoms with Gasteiger partial charge in [-0.3, -0.25) is 0 Å². The zero-order valence-electron chi connectivity index (χ0n) is 14.8. The van der Waals surface area contributed by atoms with Gasteiger partial charge in [-0.15, -0.1) is 12.3 Å². The summed E-state index contributed by atoms with van der Waals surface area (Å²) in [5.74, 6) is 2.61. The Morgan fingerprint density at radius 2 is 1.32 bits per heavy atom. The molecule has 0 amide bonds. The van der Waals surface area contributed by atoms with Gasteiger partial charge < -0.3 is 12.8 Å². The van der Waals surface area contributed by atoms with Crippen molar-refractivity contribution < 1.29 is 42.1 Å². The second kappa shape index (κ2) is 49.5. The van der Waals surface area contributed by atoms with Crippen LogP contribution >= 0.6 is 0 Å². The molecular formula is C15H35N3Si2W2-2. The van der Waals surface area contributed by atoms with E-state index in [2.05, 4.69) is 42.1 Å². The monoisotopic (exact) mass is 681 g/mol. The molecule has 0 heterocycles. The maximum atomic E-state index is 7.79. The summed E-state index contributed by atoms with van der Waals surface area (Å²) >= 11 is 0. The van der Waals surface area contributed by atoms with Crippen molar-refractivity contribution in [2.75, 3.05) is 6.17 Å². The second-order valence-electron chi connectivity index (χ2n) is 4.34. The van der Waals surface area contributed by atoms with Gasteiger partial charge in [0, 0.05) is 68.1 Å². The van der Waals surface area contributed by atoms with Crippen LogP contribution in [0.2, 0.25) is 32.2 Å². The van der Waals surface area contributed by atoms with Crippen LogP contribution in [0.25, 0.3) is 10.4 Å². The standard InChI is InChI=1S/C5H9Si.C3H8N3Si.2C3H7.CH4.2W/c1-4-5-6(2)3;1-7(2)3-5-6-4;2*1-3-2;;;/h1H,5H2,2-3H3;3H2,1-2H3;2*3H,1-2H3;1H4;;/q;;2*-1;;;. The molecule has 0 atom stereocenters. The van der Waals surface area contributed by atoms with Gasteiger partial charge in [-0.05, 0) is 5.53 Å². The molecule has 0 spiro atoms. The Labute approximate surface area is 173 Å². The Bertz CT molecular complexity index is 225. The Morgan fingerprint density at radius 1 is 1.00 bits per heavy atom. The first-order valence-electron chi connectivity index (χ1n) is 6.37. The zero-order chi connectivity index (χ0) is 16.1. The van der Waals surface area contributed by atoms with Gasteiger partial charge in [0.15, 0.2) is 0 Å². The third-order valence-corrected chi connectivity index (χ3v) is 2.59. The van der Waals surface area contributed by atoms with E-state index in [4.69, 9.17) is 12.0 Å². The first-order chi connectivity index (χ1) is 8.87. The molecule has 7 heteroatoms. The summed E-state index contributed by atoms with van der Waals surface area (Å²) < 4.78 is 0. The molecule has 0 aromatic heterocycles. The number of hydrogen-bond acceptors (Lipinski definition) is 1. The van der Waals surface area contributed by atoms with Gasteiger partial charge in [-0.25, -0.2) is 0 Å². The third-order valence-electron chi connectivity index (χ3n) is 0.906. The molecule has 132 valence electrons. The molecule has 0 rings (SSSR count). The average Bonchev–Trinajstić information content (AvgIpc) is 2.29. The number of nitrogens with zero attached hydrogens (tertiary/aromatic N) is 3. The summed E-state index contributed by atoms with van der Waals surface area (Å²) in [5, 5.41) is 3.40. The minimum absolute atomic E-state index is 0. The van der Waals surface area contributed by atoms with Crippen LogP contribution in [-0.4, -0.2) is 23.8 Å². The van der Waals surface area contributed by atoms with Crippen molar-refractivity contribution in [3.05, 3.63) is 23.3 Å². The number of rotatable bonds is 3. The van der Waals surface area contributed by atoms with Crippen LogP contribution in [0.1, 0.15) is 35.1 Å². The predicted octanol–water partition coefficient (Wildman–Crippen LogP) is 6.06. The molecule has 0 fully saturated rings. The van der Waals surface area contributed by atoms with E-state index in [-0.39, 0.29) is 67.2 Å². The molecule has 3 nitrogen and oxygen atoms in total. The van der Waals surface area contributed by atoms with Crippen LogP contribution in [0, 0.1) is 25.2 Å². The van der Waals surface area contributed by atoms with E-state index in [9.17, 15) is 0 Å². The van der Waals surface area contributed by atoms with Crippen molar-refractivity contribution in [1.82, 2.24) is 0 Å². The minimum atomic E-state index is -0.318. The van der Waals surface area contributed by atoms with Crippen LogP contribution in [0.15, 0.2) is 5.11 Å². The van der Waals surface area contributed by atoms with Crippen molar-refractivity contribution >= 4 is 17.6 Å². The van der Waals surface area contributed by atoms with Crippen molar-refractivity contribution in [1.29, 1.82) is 0 Å². The summed E-state index contributed by atoms with van der Waals surface area (Å²) in [6.07, 6.45) is 9.71. The van der Waals surface area contributed by atoms with E-state index < -0.39 is 0 Å². The Morgan fingerprint density at radius 3 is 1.36 bits per heavy atom. The fourth-order valence-electron chi connectivity index (χ4n) is 0.377. The van der Waals surface area contributed by atoms with Crippen LogP contribution in [0.5, 0.6) is 0 Å². The van der Waals surface area contributed by atoms with Crippen LogP contribution in [-0.2, 0) is 42.1 Å². The van der Waals surface area contributed by atoms with E-state index >= 15 is 0 Å². The van der Waals surface area contributed by atoms with Crippen molar-refractivity contribution in [2.24, 2.45) is 5.11 Å². The fraction of sp³-hybridized carbons (Fsp3) is 0.733. The molecule has 0 aliphatic rings. The number of terminal acetylenes is 1. The van der Waals surface area contributed by atoms with Crippen LogP contribution in [0.3, 0.4) is 0 Å². The van der Waals surface area contributed by atoms with Crippen molar-refractivity contribution in [3.8, 4) is 12.3 Å². The van der Waals surface area contributed by atoms with Crippen molar-refractivity contribution in [2.45, 2.75) is 67.4 Å². The smallest absolute Gasteiger partial charge is 0.0555 e. The van der Waals surface area contributed by atoms with Gasteiger partial charge in [-0.2, -0.15) is 27.7 Å². The summed E-state index contributed by atoms with van der Waals surface area (Å²) in [6.45, 7) is 16.6. The van der Waals surface area contributed by atoms with E-state index in [0.29, 0.717) is 6.17 Å². The van der Waals surface area contributed by atoms with Gasteiger partial charge in [0.1, 0.15) is 0 Å². The largest absolute Gasteiger partial charge is 0.335 e. The molecule has 0 aliphatic carbocycles. The molecule has 0 unspecified atom stereocenters. The van der Waals surface area contributed by atoms with Gasteiger partial charge in [0.05, 0.1) is 8.80 Å². The Hall–Kier alpha value is 0.680. The summed E-state index contributed by atoms with van der Waals surface area (Å²) in [7, 11) is -0.439. The Kier molecular flexibility index (Phi) is 97.6. The third kappa shape index (κ3) is 136. The molecule has 0 N–H and O–H groups in total. The quantitative estimate of drug-likeness (QED) is 0.0870. The molecule has 0 aromatic carbocycles. The topological polar surface area (TPSA) is 48.8 Å². The molecular weight excluding hydrogens is 646 g/mol. The van der Waals surface area contributed by atoms with Gasteiger partial charge in [0.25, 0.3) is 0 Å². The van der Waals surface area contributed by atoms with Gasteiger partial charge >= 0.3 is 0 Å². The predicted molar refractivity (Wildman–Crippen MR) is 101 cm³/mol. The average molecular weight is 681 g/mol. The first-order valence-corrected chi connectivity index (χ1v) is 11.8. The fourth-order valence-corrected chi connectivity index (χ4v) is 1.13. The van der Waals surface area contributed by atoms with Crippen LogP contribution < -0.4 is 0 Å². The summed E-state index contributed by atoms with van der Waals surface area (Å²) in [5.41, 5.74) is 7.79. The molecule has 0 aromatic rings. The summed E-state index contributed by atoms with van der Waals surface area (Å²) in [4.78, 5) is 2.63. The Balaban J connectivity index is -0.0000000277. The normalized spacial score (nSPS) is 6.59. The molecule has 0 saturated heterocycles. The molecule has 22 heavy (non-hydrogen) atoms. The minimum Gasteiger partial charge on any atom is -0.335 e. The number of hydrogen-bond donors (Lipinski definition) is 0. The van der Waals surface area contributed by atoms with E-state index in [1.165, 1.54) is 0 Å². The SMILES string of the molecule is C.C#CC[Si](C)C.C[CH-]C.C[CH-]C.C[Si](C)CN=[N+]=[N-].[W].[W]. The molecule has 2 radical (unpaired) electrons.